The van der Waals surface area contributed by atoms with Crippen LogP contribution in [0.5, 0.6) is 0 Å². The van der Waals surface area contributed by atoms with Gasteiger partial charge in [-0.3, -0.25) is 4.79 Å². The molecule has 0 aliphatic carbocycles. The van der Waals surface area contributed by atoms with Crippen LogP contribution in [0.3, 0.4) is 0 Å². The Kier molecular flexibility index (Phi) is 5.09. The molecule has 110 valence electrons. The number of hydrogen-bond donors (Lipinski definition) is 1. The fraction of sp³-hybridized carbons (Fsp3) is 0.562. The molecule has 1 aromatic rings. The molecule has 0 atom stereocenters. The normalized spacial score (nSPS) is 17.2. The Labute approximate surface area is 127 Å². The third-order valence-corrected chi connectivity index (χ3v) is 9.47. The van der Waals surface area contributed by atoms with Crippen LogP contribution in [-0.4, -0.2) is 30.6 Å². The highest BCUT2D eigenvalue weighted by molar-refractivity contribution is 7.76. The number of aryl methyl sites for hydroxylation is 2. The number of carbonyl (C=O) groups excluding carboxylic acids is 1. The summed E-state index contributed by atoms with van der Waals surface area (Å²) in [5, 5.41) is 3.85. The van der Waals surface area contributed by atoms with E-state index in [-0.39, 0.29) is 5.91 Å². The molecule has 4 heteroatoms. The van der Waals surface area contributed by atoms with Crippen LogP contribution in [0.1, 0.15) is 30.9 Å². The quantitative estimate of drug-likeness (QED) is 0.800. The van der Waals surface area contributed by atoms with Crippen molar-refractivity contribution in [1.82, 2.24) is 0 Å². The van der Waals surface area contributed by atoms with Gasteiger partial charge in [-0.25, -0.2) is 0 Å². The first-order valence-corrected chi connectivity index (χ1v) is 10.3. The Hall–Kier alpha value is -0.590. The molecule has 0 aromatic heterocycles. The predicted octanol–water partition coefficient (Wildman–Crippen LogP) is 4.73. The van der Waals surface area contributed by atoms with Gasteiger partial charge >= 0.3 is 0 Å². The summed E-state index contributed by atoms with van der Waals surface area (Å²) in [4.78, 5) is 12.4. The lowest BCUT2D eigenvalue weighted by Gasteiger charge is -2.20. The van der Waals surface area contributed by atoms with E-state index in [1.165, 1.54) is 31.3 Å². The molecule has 2 nitrogen and oxygen atoms in total. The number of rotatable bonds is 4. The summed E-state index contributed by atoms with van der Waals surface area (Å²) >= 11 is 6.03. The maximum atomic E-state index is 12.4. The predicted molar refractivity (Wildman–Crippen MR) is 90.9 cm³/mol. The summed E-state index contributed by atoms with van der Waals surface area (Å²) in [6.45, 7) is 6.24. The maximum absolute atomic E-state index is 12.4. The largest absolute Gasteiger partial charge is 0.322 e. The van der Waals surface area contributed by atoms with Crippen LogP contribution in [0, 0.1) is 13.8 Å². The van der Waals surface area contributed by atoms with Crippen LogP contribution in [0.2, 0.25) is 5.02 Å². The van der Waals surface area contributed by atoms with Gasteiger partial charge in [0, 0.05) is 18.0 Å². The summed E-state index contributed by atoms with van der Waals surface area (Å²) in [6.07, 6.45) is 7.19. The van der Waals surface area contributed by atoms with Crippen molar-refractivity contribution in [3.63, 3.8) is 0 Å². The minimum Gasteiger partial charge on any atom is -0.322 e. The van der Waals surface area contributed by atoms with E-state index in [0.717, 1.165) is 28.0 Å². The van der Waals surface area contributed by atoms with E-state index in [2.05, 4.69) is 12.2 Å². The van der Waals surface area contributed by atoms with Crippen molar-refractivity contribution in [2.75, 3.05) is 30.0 Å². The topological polar surface area (TPSA) is 29.1 Å². The number of nitrogens with one attached hydrogen (secondary N) is 1. The SMILES string of the molecule is CC[P+]1(CC(=O)Nc2c(C)cc(Cl)cc2C)CCCC1. The Morgan fingerprint density at radius 1 is 1.25 bits per heavy atom. The first kappa shape index (κ1) is 15.8. The van der Waals surface area contributed by atoms with Gasteiger partial charge in [-0.05, 0) is 56.9 Å². The van der Waals surface area contributed by atoms with Crippen molar-refractivity contribution in [3.05, 3.63) is 28.3 Å². The van der Waals surface area contributed by atoms with Crippen LogP contribution < -0.4 is 5.32 Å². The third kappa shape index (κ3) is 3.54. The van der Waals surface area contributed by atoms with E-state index in [1.807, 2.05) is 26.0 Å². The van der Waals surface area contributed by atoms with Gasteiger partial charge in [0.15, 0.2) is 0 Å². The number of carbonyl (C=O) groups is 1. The lowest BCUT2D eigenvalue weighted by Crippen LogP contribution is -2.21. The number of amides is 1. The molecule has 0 saturated carbocycles. The molecule has 1 aliphatic heterocycles. The Bertz CT molecular complexity index is 486. The summed E-state index contributed by atoms with van der Waals surface area (Å²) in [7, 11) is -0.999. The second-order valence-corrected chi connectivity index (χ2v) is 10.9. The number of halogens is 1. The van der Waals surface area contributed by atoms with E-state index in [4.69, 9.17) is 11.6 Å². The van der Waals surface area contributed by atoms with Crippen LogP contribution in [0.25, 0.3) is 0 Å². The van der Waals surface area contributed by atoms with E-state index >= 15 is 0 Å². The van der Waals surface area contributed by atoms with E-state index in [0.29, 0.717) is 0 Å². The zero-order valence-corrected chi connectivity index (χ0v) is 14.3. The van der Waals surface area contributed by atoms with E-state index < -0.39 is 7.26 Å². The Morgan fingerprint density at radius 2 is 1.80 bits per heavy atom. The number of benzene rings is 1. The molecule has 1 saturated heterocycles. The van der Waals surface area contributed by atoms with Gasteiger partial charge in [0.1, 0.15) is 6.16 Å². The van der Waals surface area contributed by atoms with Gasteiger partial charge in [0.2, 0.25) is 0 Å². The molecular weight excluding hydrogens is 289 g/mol. The Morgan fingerprint density at radius 3 is 2.30 bits per heavy atom. The fourth-order valence-corrected chi connectivity index (χ4v) is 7.38. The first-order chi connectivity index (χ1) is 9.46. The molecule has 0 unspecified atom stereocenters. The smallest absolute Gasteiger partial charge is 0.261 e. The molecule has 2 rings (SSSR count). The van der Waals surface area contributed by atoms with E-state index in [1.54, 1.807) is 0 Å². The van der Waals surface area contributed by atoms with Crippen LogP contribution in [0.15, 0.2) is 12.1 Å². The maximum Gasteiger partial charge on any atom is 0.261 e. The van der Waals surface area contributed by atoms with Crippen molar-refractivity contribution in [3.8, 4) is 0 Å². The molecule has 0 radical (unpaired) electrons. The zero-order chi connectivity index (χ0) is 14.8. The molecule has 1 aromatic carbocycles. The van der Waals surface area contributed by atoms with Gasteiger partial charge in [-0.2, -0.15) is 0 Å². The average Bonchev–Trinajstić information content (AvgIpc) is 2.83. The lowest BCUT2D eigenvalue weighted by molar-refractivity contribution is -0.113. The average molecular weight is 313 g/mol. The van der Waals surface area contributed by atoms with Crippen molar-refractivity contribution >= 4 is 30.5 Å². The second kappa shape index (κ2) is 6.45. The van der Waals surface area contributed by atoms with Crippen molar-refractivity contribution < 1.29 is 4.79 Å². The summed E-state index contributed by atoms with van der Waals surface area (Å²) in [6, 6.07) is 3.81. The fourth-order valence-electron chi connectivity index (χ4n) is 3.18. The molecule has 1 aliphatic rings. The molecule has 1 fully saturated rings. The molecule has 0 bridgehead atoms. The van der Waals surface area contributed by atoms with Crippen molar-refractivity contribution in [2.45, 2.75) is 33.6 Å². The molecular formula is C16H24ClNOP+. The van der Waals surface area contributed by atoms with Gasteiger partial charge in [0.05, 0.1) is 18.5 Å². The van der Waals surface area contributed by atoms with Crippen molar-refractivity contribution in [1.29, 1.82) is 0 Å². The Balaban J connectivity index is 2.08. The van der Waals surface area contributed by atoms with Gasteiger partial charge in [0.25, 0.3) is 5.91 Å². The van der Waals surface area contributed by atoms with Gasteiger partial charge in [-0.1, -0.05) is 11.6 Å². The number of anilines is 1. The summed E-state index contributed by atoms with van der Waals surface area (Å²) < 4.78 is 0. The molecule has 1 N–H and O–H groups in total. The zero-order valence-electron chi connectivity index (χ0n) is 12.6. The second-order valence-electron chi connectivity index (χ2n) is 5.93. The first-order valence-electron chi connectivity index (χ1n) is 7.37. The van der Waals surface area contributed by atoms with Crippen molar-refractivity contribution in [2.24, 2.45) is 0 Å². The van der Waals surface area contributed by atoms with E-state index in [9.17, 15) is 4.79 Å². The monoisotopic (exact) mass is 312 g/mol. The highest BCUT2D eigenvalue weighted by Crippen LogP contribution is 2.63. The van der Waals surface area contributed by atoms with Gasteiger partial charge in [-0.15, -0.1) is 0 Å². The summed E-state index contributed by atoms with van der Waals surface area (Å²) in [5.74, 6) is 0.190. The minimum absolute atomic E-state index is 0.190. The lowest BCUT2D eigenvalue weighted by atomic mass is 10.1. The standard InChI is InChI=1S/C16H23ClNOP/c1-4-20(7-5-6-8-20)11-15(19)18-16-12(2)9-14(17)10-13(16)3/h9-10H,4-8,11H2,1-3H3/p+1. The third-order valence-electron chi connectivity index (χ3n) is 4.43. The van der Waals surface area contributed by atoms with Crippen LogP contribution >= 0.6 is 18.9 Å². The molecule has 20 heavy (non-hydrogen) atoms. The molecule has 1 amide bonds. The highest BCUT2D eigenvalue weighted by Gasteiger charge is 2.41. The summed E-state index contributed by atoms with van der Waals surface area (Å²) in [5.41, 5.74) is 3.02. The molecule has 1 heterocycles. The van der Waals surface area contributed by atoms with Crippen LogP contribution in [-0.2, 0) is 4.79 Å². The van der Waals surface area contributed by atoms with Crippen LogP contribution in [0.4, 0.5) is 5.69 Å². The highest BCUT2D eigenvalue weighted by atomic mass is 35.5. The minimum atomic E-state index is -0.999. The number of hydrogen-bond acceptors (Lipinski definition) is 1. The molecule has 0 spiro atoms. The van der Waals surface area contributed by atoms with Gasteiger partial charge < -0.3 is 5.32 Å².